The second kappa shape index (κ2) is 4.50. The molecule has 0 radical (unpaired) electrons. The van der Waals surface area contributed by atoms with Crippen LogP contribution in [-0.2, 0) is 6.42 Å². The van der Waals surface area contributed by atoms with E-state index in [0.717, 1.165) is 12.8 Å². The molecule has 0 saturated carbocycles. The number of benzene rings is 1. The molecule has 1 aromatic carbocycles. The van der Waals surface area contributed by atoms with Crippen LogP contribution in [0.1, 0.15) is 34.7 Å². The van der Waals surface area contributed by atoms with Gasteiger partial charge in [0, 0.05) is 0 Å². The molecule has 0 saturated heterocycles. The van der Waals surface area contributed by atoms with Crippen molar-refractivity contribution in [3.05, 3.63) is 40.7 Å². The van der Waals surface area contributed by atoms with E-state index >= 15 is 0 Å². The number of hydrogen-bond acceptors (Lipinski definition) is 5. The second-order valence-electron chi connectivity index (χ2n) is 5.05. The topological polar surface area (TPSA) is 76.7 Å². The molecule has 0 fully saturated rings. The number of aromatic nitrogens is 3. The first-order chi connectivity index (χ1) is 9.13. The predicted molar refractivity (Wildman–Crippen MR) is 74.8 cm³/mol. The SMILES string of the molecule is Cc1cc(C)c2c(c1)C(Nc1ncnc(N)n1)CC2. The van der Waals surface area contributed by atoms with Gasteiger partial charge in [-0.3, -0.25) is 0 Å². The molecule has 1 aliphatic carbocycles. The van der Waals surface area contributed by atoms with Gasteiger partial charge in [-0.1, -0.05) is 17.7 Å². The predicted octanol–water partition coefficient (Wildman–Crippen LogP) is 2.17. The number of nitrogen functional groups attached to an aromatic ring is 1. The van der Waals surface area contributed by atoms with Crippen LogP contribution in [0.4, 0.5) is 11.9 Å². The Bertz CT molecular complexity index is 623. The van der Waals surface area contributed by atoms with Crippen LogP contribution in [0.25, 0.3) is 0 Å². The van der Waals surface area contributed by atoms with Crippen LogP contribution in [0.15, 0.2) is 18.5 Å². The van der Waals surface area contributed by atoms with Gasteiger partial charge in [0.25, 0.3) is 0 Å². The summed E-state index contributed by atoms with van der Waals surface area (Å²) >= 11 is 0. The first-order valence-corrected chi connectivity index (χ1v) is 6.44. The molecule has 1 aromatic heterocycles. The van der Waals surface area contributed by atoms with E-state index in [-0.39, 0.29) is 12.0 Å². The number of rotatable bonds is 2. The van der Waals surface area contributed by atoms with Gasteiger partial charge >= 0.3 is 0 Å². The number of hydrogen-bond donors (Lipinski definition) is 2. The third-order valence-corrected chi connectivity index (χ3v) is 3.60. The molecule has 0 spiro atoms. The lowest BCUT2D eigenvalue weighted by atomic mass is 10.00. The lowest BCUT2D eigenvalue weighted by Gasteiger charge is -2.15. The number of nitrogens with zero attached hydrogens (tertiary/aromatic N) is 3. The fraction of sp³-hybridized carbons (Fsp3) is 0.357. The van der Waals surface area contributed by atoms with Crippen molar-refractivity contribution in [2.75, 3.05) is 11.1 Å². The lowest BCUT2D eigenvalue weighted by molar-refractivity contribution is 0.749. The van der Waals surface area contributed by atoms with Gasteiger partial charge in [-0.25, -0.2) is 9.97 Å². The molecule has 19 heavy (non-hydrogen) atoms. The molecule has 0 bridgehead atoms. The Balaban J connectivity index is 1.90. The first-order valence-electron chi connectivity index (χ1n) is 6.44. The quantitative estimate of drug-likeness (QED) is 0.860. The molecule has 3 N–H and O–H groups in total. The van der Waals surface area contributed by atoms with Crippen LogP contribution in [0, 0.1) is 13.8 Å². The molecular weight excluding hydrogens is 238 g/mol. The molecule has 0 aliphatic heterocycles. The number of aryl methyl sites for hydroxylation is 2. The largest absolute Gasteiger partial charge is 0.368 e. The maximum atomic E-state index is 5.57. The summed E-state index contributed by atoms with van der Waals surface area (Å²) in [4.78, 5) is 12.0. The van der Waals surface area contributed by atoms with E-state index in [9.17, 15) is 0 Å². The minimum atomic E-state index is 0.246. The monoisotopic (exact) mass is 255 g/mol. The Morgan fingerprint density at radius 3 is 2.89 bits per heavy atom. The highest BCUT2D eigenvalue weighted by Gasteiger charge is 2.24. The third kappa shape index (κ3) is 2.23. The summed E-state index contributed by atoms with van der Waals surface area (Å²) in [5.41, 5.74) is 11.0. The van der Waals surface area contributed by atoms with Gasteiger partial charge in [0.1, 0.15) is 6.33 Å². The molecule has 5 nitrogen and oxygen atoms in total. The van der Waals surface area contributed by atoms with E-state index in [4.69, 9.17) is 5.73 Å². The summed E-state index contributed by atoms with van der Waals surface area (Å²) in [7, 11) is 0. The van der Waals surface area contributed by atoms with Crippen molar-refractivity contribution in [3.63, 3.8) is 0 Å². The van der Waals surface area contributed by atoms with Crippen LogP contribution in [0.5, 0.6) is 0 Å². The van der Waals surface area contributed by atoms with Gasteiger partial charge in [-0.15, -0.1) is 0 Å². The normalized spacial score (nSPS) is 17.3. The Morgan fingerprint density at radius 1 is 1.26 bits per heavy atom. The summed E-state index contributed by atoms with van der Waals surface area (Å²) in [5, 5.41) is 3.35. The average Bonchev–Trinajstić information content (AvgIpc) is 2.73. The van der Waals surface area contributed by atoms with Crippen molar-refractivity contribution in [1.82, 2.24) is 15.0 Å². The van der Waals surface area contributed by atoms with E-state index in [1.807, 2.05) is 0 Å². The van der Waals surface area contributed by atoms with Crippen molar-refractivity contribution >= 4 is 11.9 Å². The highest BCUT2D eigenvalue weighted by Crippen LogP contribution is 2.35. The maximum Gasteiger partial charge on any atom is 0.227 e. The molecule has 5 heteroatoms. The zero-order chi connectivity index (χ0) is 13.4. The van der Waals surface area contributed by atoms with Crippen molar-refractivity contribution in [1.29, 1.82) is 0 Å². The van der Waals surface area contributed by atoms with Crippen molar-refractivity contribution < 1.29 is 0 Å². The standard InChI is InChI=1S/C14H17N5/c1-8-5-9(2)10-3-4-12(11(10)6-8)18-14-17-7-16-13(15)19-14/h5-7,12H,3-4H2,1-2H3,(H3,15,16,17,18,19). The van der Waals surface area contributed by atoms with Crippen molar-refractivity contribution in [3.8, 4) is 0 Å². The zero-order valence-electron chi connectivity index (χ0n) is 11.1. The summed E-state index contributed by atoms with van der Waals surface area (Å²) in [6.07, 6.45) is 3.59. The van der Waals surface area contributed by atoms with E-state index in [2.05, 4.69) is 46.2 Å². The molecule has 2 aromatic rings. The van der Waals surface area contributed by atoms with Crippen molar-refractivity contribution in [2.24, 2.45) is 0 Å². The van der Waals surface area contributed by atoms with Crippen LogP contribution in [-0.4, -0.2) is 15.0 Å². The minimum absolute atomic E-state index is 0.246. The second-order valence-corrected chi connectivity index (χ2v) is 5.05. The zero-order valence-corrected chi connectivity index (χ0v) is 11.1. The van der Waals surface area contributed by atoms with Gasteiger partial charge < -0.3 is 11.1 Å². The smallest absolute Gasteiger partial charge is 0.227 e. The maximum absolute atomic E-state index is 5.57. The Morgan fingerprint density at radius 2 is 2.11 bits per heavy atom. The third-order valence-electron chi connectivity index (χ3n) is 3.60. The fourth-order valence-electron chi connectivity index (χ4n) is 2.81. The molecule has 1 atom stereocenters. The van der Waals surface area contributed by atoms with E-state index in [0.29, 0.717) is 5.95 Å². The molecule has 0 amide bonds. The Kier molecular flexibility index (Phi) is 2.81. The number of nitrogens with one attached hydrogen (secondary N) is 1. The minimum Gasteiger partial charge on any atom is -0.368 e. The van der Waals surface area contributed by atoms with Gasteiger partial charge in [0.05, 0.1) is 6.04 Å². The van der Waals surface area contributed by atoms with Crippen molar-refractivity contribution in [2.45, 2.75) is 32.7 Å². The number of nitrogens with two attached hydrogens (primary N) is 1. The van der Waals surface area contributed by atoms with Crippen LogP contribution >= 0.6 is 0 Å². The summed E-state index contributed by atoms with van der Waals surface area (Å²) in [5.74, 6) is 0.792. The van der Waals surface area contributed by atoms with Gasteiger partial charge in [-0.2, -0.15) is 4.98 Å². The van der Waals surface area contributed by atoms with Crippen LogP contribution in [0.3, 0.4) is 0 Å². The molecule has 1 unspecified atom stereocenters. The summed E-state index contributed by atoms with van der Waals surface area (Å²) < 4.78 is 0. The number of fused-ring (bicyclic) bond motifs is 1. The molecule has 98 valence electrons. The van der Waals surface area contributed by atoms with E-state index in [1.54, 1.807) is 0 Å². The highest BCUT2D eigenvalue weighted by molar-refractivity contribution is 5.46. The first kappa shape index (κ1) is 11.9. The number of anilines is 2. The van der Waals surface area contributed by atoms with Gasteiger partial charge in [-0.05, 0) is 43.4 Å². The fourth-order valence-corrected chi connectivity index (χ4v) is 2.81. The Hall–Kier alpha value is -2.17. The average molecular weight is 255 g/mol. The highest BCUT2D eigenvalue weighted by atomic mass is 15.2. The molecule has 3 rings (SSSR count). The van der Waals surface area contributed by atoms with Crippen LogP contribution in [0.2, 0.25) is 0 Å². The molecule has 1 aliphatic rings. The van der Waals surface area contributed by atoms with E-state index in [1.165, 1.54) is 28.6 Å². The molecular formula is C14H17N5. The Labute approximate surface area is 112 Å². The summed E-state index contributed by atoms with van der Waals surface area (Å²) in [6, 6.07) is 4.75. The lowest BCUT2D eigenvalue weighted by Crippen LogP contribution is -2.11. The van der Waals surface area contributed by atoms with E-state index < -0.39 is 0 Å². The summed E-state index contributed by atoms with van der Waals surface area (Å²) in [6.45, 7) is 4.30. The van der Waals surface area contributed by atoms with Gasteiger partial charge in [0.2, 0.25) is 11.9 Å². The van der Waals surface area contributed by atoms with Crippen LogP contribution < -0.4 is 11.1 Å². The molecule has 1 heterocycles. The van der Waals surface area contributed by atoms with Gasteiger partial charge in [0.15, 0.2) is 0 Å².